The molecule has 0 unspecified atom stereocenters. The minimum atomic E-state index is -0.470. The van der Waals surface area contributed by atoms with E-state index in [2.05, 4.69) is 40.0 Å². The van der Waals surface area contributed by atoms with E-state index in [9.17, 15) is 9.18 Å². The molecular weight excluding hydrogens is 349 g/mol. The van der Waals surface area contributed by atoms with Crippen molar-refractivity contribution in [3.8, 4) is 10.7 Å². The second kappa shape index (κ2) is 6.72. The molecular formula is C20H16FN3OS. The molecule has 4 aromatic rings. The molecule has 0 atom stereocenters. The first-order valence-corrected chi connectivity index (χ1v) is 9.15. The molecule has 4 nitrogen and oxygen atoms in total. The van der Waals surface area contributed by atoms with Gasteiger partial charge in [-0.05, 0) is 31.2 Å². The topological polar surface area (TPSA) is 46.9 Å². The van der Waals surface area contributed by atoms with Gasteiger partial charge < -0.3 is 9.88 Å². The van der Waals surface area contributed by atoms with Gasteiger partial charge in [0.05, 0.1) is 11.4 Å². The summed E-state index contributed by atoms with van der Waals surface area (Å²) in [7, 11) is 0. The molecule has 0 saturated carbocycles. The van der Waals surface area contributed by atoms with Crippen LogP contribution in [-0.4, -0.2) is 15.5 Å². The number of nitrogens with one attached hydrogen (secondary N) is 1. The zero-order chi connectivity index (χ0) is 18.1. The molecule has 26 heavy (non-hydrogen) atoms. The van der Waals surface area contributed by atoms with Crippen LogP contribution in [-0.2, 0) is 6.54 Å². The Labute approximate surface area is 153 Å². The normalized spacial score (nSPS) is 11.0. The molecule has 1 amide bonds. The van der Waals surface area contributed by atoms with Crippen LogP contribution in [0.5, 0.6) is 0 Å². The van der Waals surface area contributed by atoms with Gasteiger partial charge >= 0.3 is 0 Å². The predicted octanol–water partition coefficient (Wildman–Crippen LogP) is 5.18. The third kappa shape index (κ3) is 2.88. The Morgan fingerprint density at radius 3 is 2.77 bits per heavy atom. The van der Waals surface area contributed by atoms with E-state index >= 15 is 0 Å². The van der Waals surface area contributed by atoms with Crippen molar-refractivity contribution in [2.24, 2.45) is 0 Å². The number of rotatable bonds is 4. The van der Waals surface area contributed by atoms with Crippen molar-refractivity contribution >= 4 is 33.8 Å². The maximum atomic E-state index is 13.7. The van der Waals surface area contributed by atoms with Crippen LogP contribution in [0.2, 0.25) is 0 Å². The van der Waals surface area contributed by atoms with Gasteiger partial charge in [-0.1, -0.05) is 30.3 Å². The Hall–Kier alpha value is -2.99. The maximum absolute atomic E-state index is 13.7. The first kappa shape index (κ1) is 16.5. The third-order valence-electron chi connectivity index (χ3n) is 4.20. The fraction of sp³-hybridized carbons (Fsp3) is 0.100. The lowest BCUT2D eigenvalue weighted by atomic mass is 10.2. The van der Waals surface area contributed by atoms with Crippen LogP contribution in [0, 0.1) is 5.82 Å². The van der Waals surface area contributed by atoms with Gasteiger partial charge in [-0.15, -0.1) is 11.3 Å². The lowest BCUT2D eigenvalue weighted by Gasteiger charge is -2.05. The number of thiazole rings is 1. The monoisotopic (exact) mass is 365 g/mol. The minimum Gasteiger partial charge on any atom is -0.339 e. The van der Waals surface area contributed by atoms with E-state index in [1.165, 1.54) is 23.5 Å². The van der Waals surface area contributed by atoms with Crippen molar-refractivity contribution in [1.29, 1.82) is 0 Å². The van der Waals surface area contributed by atoms with E-state index in [1.807, 2.05) is 12.1 Å². The third-order valence-corrected chi connectivity index (χ3v) is 5.07. The van der Waals surface area contributed by atoms with Gasteiger partial charge in [0.1, 0.15) is 16.5 Å². The summed E-state index contributed by atoms with van der Waals surface area (Å²) in [5.41, 5.74) is 2.54. The van der Waals surface area contributed by atoms with Gasteiger partial charge in [-0.3, -0.25) is 4.79 Å². The fourth-order valence-corrected chi connectivity index (χ4v) is 3.80. The molecule has 0 aliphatic heterocycles. The van der Waals surface area contributed by atoms with Crippen molar-refractivity contribution in [2.75, 3.05) is 5.32 Å². The zero-order valence-electron chi connectivity index (χ0n) is 14.1. The number of aromatic nitrogens is 2. The van der Waals surface area contributed by atoms with Crippen LogP contribution < -0.4 is 5.32 Å². The summed E-state index contributed by atoms with van der Waals surface area (Å²) in [6, 6.07) is 16.3. The summed E-state index contributed by atoms with van der Waals surface area (Å²) in [6.45, 7) is 2.88. The summed E-state index contributed by atoms with van der Waals surface area (Å²) in [5, 5.41) is 6.17. The Morgan fingerprint density at radius 2 is 1.96 bits per heavy atom. The fourth-order valence-electron chi connectivity index (χ4n) is 2.97. The Morgan fingerprint density at radius 1 is 1.19 bits per heavy atom. The number of anilines is 1. The van der Waals surface area contributed by atoms with Crippen LogP contribution in [0.4, 0.5) is 10.1 Å². The number of amides is 1. The number of nitrogens with zero attached hydrogens (tertiary/aromatic N) is 2. The number of halogens is 1. The molecule has 1 N–H and O–H groups in total. The molecule has 0 radical (unpaired) electrons. The van der Waals surface area contributed by atoms with Crippen molar-refractivity contribution < 1.29 is 9.18 Å². The van der Waals surface area contributed by atoms with Gasteiger partial charge in [0.2, 0.25) is 0 Å². The molecule has 2 heterocycles. The SMILES string of the molecule is CCn1c(-c2nc(C(=O)Nc3ccccc3F)cs2)cc2ccccc21. The van der Waals surface area contributed by atoms with Gasteiger partial charge in [-0.2, -0.15) is 0 Å². The summed E-state index contributed by atoms with van der Waals surface area (Å²) in [5.74, 6) is -0.890. The quantitative estimate of drug-likeness (QED) is 0.542. The average molecular weight is 365 g/mol. The summed E-state index contributed by atoms with van der Waals surface area (Å²) in [6.07, 6.45) is 0. The lowest BCUT2D eigenvalue weighted by Crippen LogP contribution is -2.13. The second-order valence-electron chi connectivity index (χ2n) is 5.80. The van der Waals surface area contributed by atoms with E-state index in [4.69, 9.17) is 0 Å². The number of hydrogen-bond donors (Lipinski definition) is 1. The van der Waals surface area contributed by atoms with E-state index in [-0.39, 0.29) is 11.4 Å². The smallest absolute Gasteiger partial charge is 0.275 e. The van der Waals surface area contributed by atoms with Crippen molar-refractivity contribution in [2.45, 2.75) is 13.5 Å². The highest BCUT2D eigenvalue weighted by atomic mass is 32.1. The largest absolute Gasteiger partial charge is 0.339 e. The summed E-state index contributed by atoms with van der Waals surface area (Å²) >= 11 is 1.40. The summed E-state index contributed by atoms with van der Waals surface area (Å²) < 4.78 is 15.9. The molecule has 4 rings (SSSR count). The van der Waals surface area contributed by atoms with Crippen molar-refractivity contribution in [1.82, 2.24) is 9.55 Å². The summed E-state index contributed by atoms with van der Waals surface area (Å²) in [4.78, 5) is 16.9. The number of carbonyl (C=O) groups excluding carboxylic acids is 1. The van der Waals surface area contributed by atoms with Crippen LogP contribution in [0.15, 0.2) is 60.0 Å². The van der Waals surface area contributed by atoms with Crippen molar-refractivity contribution in [3.05, 3.63) is 71.5 Å². The van der Waals surface area contributed by atoms with E-state index in [0.717, 1.165) is 28.1 Å². The predicted molar refractivity (Wildman–Crippen MR) is 103 cm³/mol. The van der Waals surface area contributed by atoms with Crippen LogP contribution >= 0.6 is 11.3 Å². The number of para-hydroxylation sites is 2. The highest BCUT2D eigenvalue weighted by molar-refractivity contribution is 7.13. The first-order chi connectivity index (χ1) is 12.7. The Bertz CT molecular complexity index is 1100. The first-order valence-electron chi connectivity index (χ1n) is 8.27. The lowest BCUT2D eigenvalue weighted by molar-refractivity contribution is 0.102. The standard InChI is InChI=1S/C20H16FN3OS/c1-2-24-17-10-6-3-7-13(17)11-18(24)20-23-16(12-26-20)19(25)22-15-9-5-4-8-14(15)21/h3-12H,2H2,1H3,(H,22,25). The molecule has 130 valence electrons. The van der Waals surface area contributed by atoms with E-state index in [0.29, 0.717) is 0 Å². The van der Waals surface area contributed by atoms with Gasteiger partial charge in [0.15, 0.2) is 0 Å². The highest BCUT2D eigenvalue weighted by Crippen LogP contribution is 2.30. The molecule has 0 aliphatic rings. The molecule has 0 spiro atoms. The molecule has 0 fully saturated rings. The second-order valence-corrected chi connectivity index (χ2v) is 6.66. The molecule has 0 aliphatic carbocycles. The Kier molecular flexibility index (Phi) is 4.26. The number of hydrogen-bond acceptors (Lipinski definition) is 3. The number of benzene rings is 2. The molecule has 0 saturated heterocycles. The highest BCUT2D eigenvalue weighted by Gasteiger charge is 2.16. The van der Waals surface area contributed by atoms with Crippen LogP contribution in [0.3, 0.4) is 0 Å². The number of carbonyl (C=O) groups is 1. The van der Waals surface area contributed by atoms with E-state index in [1.54, 1.807) is 17.5 Å². The van der Waals surface area contributed by atoms with Crippen LogP contribution in [0.1, 0.15) is 17.4 Å². The number of aryl methyl sites for hydroxylation is 1. The molecule has 2 aromatic carbocycles. The van der Waals surface area contributed by atoms with Crippen molar-refractivity contribution in [3.63, 3.8) is 0 Å². The zero-order valence-corrected chi connectivity index (χ0v) is 14.9. The molecule has 2 aromatic heterocycles. The molecule has 0 bridgehead atoms. The van der Waals surface area contributed by atoms with Crippen LogP contribution in [0.25, 0.3) is 21.6 Å². The van der Waals surface area contributed by atoms with Gasteiger partial charge in [0, 0.05) is 22.8 Å². The Balaban J connectivity index is 1.66. The van der Waals surface area contributed by atoms with Gasteiger partial charge in [0.25, 0.3) is 5.91 Å². The maximum Gasteiger partial charge on any atom is 0.275 e. The number of fused-ring (bicyclic) bond motifs is 1. The average Bonchev–Trinajstić information content (AvgIpc) is 3.27. The molecule has 6 heteroatoms. The minimum absolute atomic E-state index is 0.148. The van der Waals surface area contributed by atoms with E-state index < -0.39 is 11.7 Å². The van der Waals surface area contributed by atoms with Gasteiger partial charge in [-0.25, -0.2) is 9.37 Å².